The van der Waals surface area contributed by atoms with Gasteiger partial charge >= 0.3 is 0 Å². The lowest BCUT2D eigenvalue weighted by Gasteiger charge is -2.12. The highest BCUT2D eigenvalue weighted by Gasteiger charge is 2.17. The summed E-state index contributed by atoms with van der Waals surface area (Å²) in [5.41, 5.74) is 8.52. The van der Waals surface area contributed by atoms with Gasteiger partial charge in [0.15, 0.2) is 0 Å². The highest BCUT2D eigenvalue weighted by Crippen LogP contribution is 2.36. The molecule has 0 atom stereocenters. The molecular weight excluding hydrogens is 440 g/mol. The Balaban J connectivity index is 1.49. The van der Waals surface area contributed by atoms with Crippen LogP contribution in [0.15, 0.2) is 121 Å². The number of fused-ring (bicyclic) bond motifs is 9. The van der Waals surface area contributed by atoms with Gasteiger partial charge in [-0.2, -0.15) is 0 Å². The Hall–Kier alpha value is -4.96. The zero-order chi connectivity index (χ0) is 23.6. The Morgan fingerprint density at radius 2 is 1.14 bits per heavy atom. The first kappa shape index (κ1) is 19.4. The van der Waals surface area contributed by atoms with E-state index in [9.17, 15) is 0 Å². The molecule has 0 N–H and O–H groups in total. The molecule has 4 nitrogen and oxygen atoms in total. The zero-order valence-electron chi connectivity index (χ0n) is 19.3. The SMILES string of the molecule is c1ccc(-n2c(-c3ccc4c(c3)c3ccccc3n3c5ccccc5nc43)nc3ccccc32)cc1. The van der Waals surface area contributed by atoms with Crippen LogP contribution in [0.5, 0.6) is 0 Å². The highest BCUT2D eigenvalue weighted by atomic mass is 15.1. The second-order valence-electron chi connectivity index (χ2n) is 9.13. The van der Waals surface area contributed by atoms with Crippen LogP contribution in [0, 0.1) is 0 Å². The normalized spacial score (nSPS) is 11.9. The maximum absolute atomic E-state index is 5.09. The monoisotopic (exact) mass is 460 g/mol. The summed E-state index contributed by atoms with van der Waals surface area (Å²) in [6.07, 6.45) is 0. The molecule has 3 heterocycles. The molecule has 4 heteroatoms. The van der Waals surface area contributed by atoms with Gasteiger partial charge in [-0.15, -0.1) is 0 Å². The summed E-state index contributed by atoms with van der Waals surface area (Å²) in [5, 5.41) is 3.51. The molecule has 5 aromatic carbocycles. The van der Waals surface area contributed by atoms with Gasteiger partial charge in [-0.25, -0.2) is 9.97 Å². The third-order valence-corrected chi connectivity index (χ3v) is 7.09. The first-order chi connectivity index (χ1) is 17.9. The molecule has 0 fully saturated rings. The molecule has 0 aliphatic carbocycles. The van der Waals surface area contributed by atoms with Gasteiger partial charge in [0.05, 0.1) is 27.6 Å². The standard InChI is InChI=1S/C32H20N4/c1-2-10-22(11-3-1)35-29-16-8-5-13-26(29)33-31(35)21-18-19-24-25(20-21)23-12-4-7-15-28(23)36-30-17-9-6-14-27(30)34-32(24)36/h1-20H. The minimum Gasteiger partial charge on any atom is -0.292 e. The third kappa shape index (κ3) is 2.64. The number of hydrogen-bond acceptors (Lipinski definition) is 2. The fourth-order valence-corrected chi connectivity index (χ4v) is 5.51. The summed E-state index contributed by atoms with van der Waals surface area (Å²) in [6, 6.07) is 42.4. The zero-order valence-corrected chi connectivity index (χ0v) is 19.3. The van der Waals surface area contributed by atoms with Gasteiger partial charge in [0, 0.05) is 22.0 Å². The minimum absolute atomic E-state index is 0.932. The van der Waals surface area contributed by atoms with Crippen LogP contribution in [0.25, 0.3) is 66.5 Å². The van der Waals surface area contributed by atoms with Crippen molar-refractivity contribution in [2.45, 2.75) is 0 Å². The first-order valence-corrected chi connectivity index (χ1v) is 12.1. The van der Waals surface area contributed by atoms with Crippen LogP contribution in [0.4, 0.5) is 0 Å². The molecule has 8 aromatic rings. The summed E-state index contributed by atoms with van der Waals surface area (Å²) in [5.74, 6) is 0.932. The van der Waals surface area contributed by atoms with Crippen LogP contribution in [-0.4, -0.2) is 18.9 Å². The number of para-hydroxylation sites is 6. The lowest BCUT2D eigenvalue weighted by Crippen LogP contribution is -1.98. The van der Waals surface area contributed by atoms with Crippen molar-refractivity contribution in [3.05, 3.63) is 121 Å². The van der Waals surface area contributed by atoms with E-state index >= 15 is 0 Å². The van der Waals surface area contributed by atoms with Crippen molar-refractivity contribution in [1.82, 2.24) is 18.9 Å². The molecule has 0 aliphatic heterocycles. The number of pyridine rings is 1. The van der Waals surface area contributed by atoms with Gasteiger partial charge in [-0.1, -0.05) is 66.7 Å². The quantitative estimate of drug-likeness (QED) is 0.247. The molecule has 0 spiro atoms. The fourth-order valence-electron chi connectivity index (χ4n) is 5.51. The molecule has 0 saturated heterocycles. The van der Waals surface area contributed by atoms with E-state index in [1.807, 2.05) is 18.2 Å². The summed E-state index contributed by atoms with van der Waals surface area (Å²) in [4.78, 5) is 10.1. The van der Waals surface area contributed by atoms with Gasteiger partial charge in [-0.05, 0) is 60.0 Å². The topological polar surface area (TPSA) is 35.1 Å². The van der Waals surface area contributed by atoms with Crippen LogP contribution in [0.1, 0.15) is 0 Å². The Labute approximate surface area is 206 Å². The first-order valence-electron chi connectivity index (χ1n) is 12.1. The van der Waals surface area contributed by atoms with E-state index in [0.717, 1.165) is 55.7 Å². The molecule has 36 heavy (non-hydrogen) atoms. The third-order valence-electron chi connectivity index (χ3n) is 7.09. The largest absolute Gasteiger partial charge is 0.292 e. The number of rotatable bonds is 2. The number of hydrogen-bond donors (Lipinski definition) is 0. The van der Waals surface area contributed by atoms with Crippen LogP contribution in [0.2, 0.25) is 0 Å². The Morgan fingerprint density at radius 3 is 1.97 bits per heavy atom. The average Bonchev–Trinajstić information content (AvgIpc) is 3.53. The lowest BCUT2D eigenvalue weighted by atomic mass is 10.0. The molecule has 0 aliphatic rings. The van der Waals surface area contributed by atoms with E-state index in [0.29, 0.717) is 0 Å². The molecule has 8 rings (SSSR count). The number of imidazole rings is 2. The molecule has 0 saturated carbocycles. The molecule has 168 valence electrons. The summed E-state index contributed by atoms with van der Waals surface area (Å²) < 4.78 is 4.53. The second-order valence-corrected chi connectivity index (χ2v) is 9.13. The summed E-state index contributed by atoms with van der Waals surface area (Å²) >= 11 is 0. The van der Waals surface area contributed by atoms with Crippen molar-refractivity contribution in [2.24, 2.45) is 0 Å². The van der Waals surface area contributed by atoms with E-state index in [1.54, 1.807) is 0 Å². The maximum Gasteiger partial charge on any atom is 0.146 e. The molecule has 0 bridgehead atoms. The molecule has 0 amide bonds. The van der Waals surface area contributed by atoms with Crippen LogP contribution >= 0.6 is 0 Å². The van der Waals surface area contributed by atoms with Crippen molar-refractivity contribution in [3.63, 3.8) is 0 Å². The Kier molecular flexibility index (Phi) is 3.91. The van der Waals surface area contributed by atoms with Crippen LogP contribution in [0.3, 0.4) is 0 Å². The summed E-state index contributed by atoms with van der Waals surface area (Å²) in [7, 11) is 0. The Bertz CT molecular complexity index is 2100. The highest BCUT2D eigenvalue weighted by molar-refractivity contribution is 6.14. The van der Waals surface area contributed by atoms with E-state index in [4.69, 9.17) is 9.97 Å². The maximum atomic E-state index is 5.09. The lowest BCUT2D eigenvalue weighted by molar-refractivity contribution is 1.10. The van der Waals surface area contributed by atoms with Crippen molar-refractivity contribution < 1.29 is 0 Å². The summed E-state index contributed by atoms with van der Waals surface area (Å²) in [6.45, 7) is 0. The van der Waals surface area contributed by atoms with Crippen LogP contribution < -0.4 is 0 Å². The number of benzene rings is 5. The number of aromatic nitrogens is 4. The molecule has 0 radical (unpaired) electrons. The predicted molar refractivity (Wildman–Crippen MR) is 148 cm³/mol. The van der Waals surface area contributed by atoms with Gasteiger partial charge in [-0.3, -0.25) is 8.97 Å². The van der Waals surface area contributed by atoms with E-state index in [1.165, 1.54) is 10.8 Å². The van der Waals surface area contributed by atoms with Crippen molar-refractivity contribution in [1.29, 1.82) is 0 Å². The fraction of sp³-hybridized carbons (Fsp3) is 0. The van der Waals surface area contributed by atoms with Crippen LogP contribution in [-0.2, 0) is 0 Å². The molecular formula is C32H20N4. The Morgan fingerprint density at radius 1 is 0.472 bits per heavy atom. The van der Waals surface area contributed by atoms with Crippen molar-refractivity contribution in [3.8, 4) is 17.1 Å². The molecule has 3 aromatic heterocycles. The second kappa shape index (κ2) is 7.27. The van der Waals surface area contributed by atoms with E-state index in [-0.39, 0.29) is 0 Å². The van der Waals surface area contributed by atoms with Gasteiger partial charge in [0.1, 0.15) is 11.5 Å². The van der Waals surface area contributed by atoms with Crippen molar-refractivity contribution in [2.75, 3.05) is 0 Å². The van der Waals surface area contributed by atoms with Gasteiger partial charge in [0.25, 0.3) is 0 Å². The smallest absolute Gasteiger partial charge is 0.146 e. The average molecular weight is 461 g/mol. The van der Waals surface area contributed by atoms with E-state index in [2.05, 4.69) is 112 Å². The van der Waals surface area contributed by atoms with Crippen molar-refractivity contribution >= 4 is 49.4 Å². The van der Waals surface area contributed by atoms with E-state index < -0.39 is 0 Å². The minimum atomic E-state index is 0.932. The van der Waals surface area contributed by atoms with Gasteiger partial charge < -0.3 is 0 Å². The van der Waals surface area contributed by atoms with Gasteiger partial charge in [0.2, 0.25) is 0 Å². The molecule has 0 unspecified atom stereocenters. The number of nitrogens with zero attached hydrogens (tertiary/aromatic N) is 4. The predicted octanol–water partition coefficient (Wildman–Crippen LogP) is 7.80.